The lowest BCUT2D eigenvalue weighted by Gasteiger charge is -2.13. The van der Waals surface area contributed by atoms with Crippen LogP contribution in [0.15, 0.2) is 59.4 Å². The van der Waals surface area contributed by atoms with Crippen molar-refractivity contribution in [3.05, 3.63) is 76.2 Å². The molecule has 0 atom stereocenters. The van der Waals surface area contributed by atoms with Crippen molar-refractivity contribution in [1.82, 2.24) is 14.5 Å². The summed E-state index contributed by atoms with van der Waals surface area (Å²) in [5.74, 6) is 1.18. The molecule has 10 nitrogen and oxygen atoms in total. The Kier molecular flexibility index (Phi) is 7.45. The summed E-state index contributed by atoms with van der Waals surface area (Å²) in [5, 5.41) is 6.70. The van der Waals surface area contributed by atoms with E-state index in [4.69, 9.17) is 14.2 Å². The number of hydrogen-bond donors (Lipinski definition) is 2. The first-order chi connectivity index (χ1) is 17.4. The Morgan fingerprint density at radius 2 is 1.69 bits per heavy atom. The molecule has 36 heavy (non-hydrogen) atoms. The molecule has 0 aliphatic rings. The summed E-state index contributed by atoms with van der Waals surface area (Å²) < 4.78 is 17.1. The summed E-state index contributed by atoms with van der Waals surface area (Å²) in [6.45, 7) is 2.89. The number of carbonyl (C=O) groups excluding carboxylic acids is 1. The van der Waals surface area contributed by atoms with E-state index in [1.807, 2.05) is 6.92 Å². The zero-order valence-electron chi connectivity index (χ0n) is 20.5. The number of methoxy groups -OCH3 is 3. The van der Waals surface area contributed by atoms with Gasteiger partial charge < -0.3 is 24.8 Å². The van der Waals surface area contributed by atoms with Crippen LogP contribution in [0.5, 0.6) is 11.5 Å². The molecule has 2 aromatic carbocycles. The molecule has 0 bridgehead atoms. The predicted molar refractivity (Wildman–Crippen MR) is 138 cm³/mol. The number of ether oxygens (including phenoxy) is 3. The Hall–Kier alpha value is -4.44. The van der Waals surface area contributed by atoms with Gasteiger partial charge >= 0.3 is 0 Å². The van der Waals surface area contributed by atoms with Crippen molar-refractivity contribution < 1.29 is 19.0 Å². The van der Waals surface area contributed by atoms with Crippen LogP contribution in [-0.4, -0.2) is 54.9 Å². The molecular weight excluding hydrogens is 462 g/mol. The molecule has 2 heterocycles. The molecule has 10 heteroatoms. The zero-order chi connectivity index (χ0) is 25.7. The van der Waals surface area contributed by atoms with Gasteiger partial charge in [0.05, 0.1) is 32.2 Å². The van der Waals surface area contributed by atoms with Gasteiger partial charge in [-0.25, -0.2) is 4.98 Å². The van der Waals surface area contributed by atoms with Crippen LogP contribution in [0.1, 0.15) is 16.1 Å². The fourth-order valence-corrected chi connectivity index (χ4v) is 3.74. The highest BCUT2D eigenvalue weighted by Gasteiger charge is 2.14. The number of aryl methyl sites for hydroxylation is 1. The summed E-state index contributed by atoms with van der Waals surface area (Å²) in [6.07, 6.45) is 0. The smallest absolute Gasteiger partial charge is 0.256 e. The van der Waals surface area contributed by atoms with E-state index in [1.54, 1.807) is 62.8 Å². The van der Waals surface area contributed by atoms with E-state index >= 15 is 0 Å². The molecule has 1 amide bonds. The van der Waals surface area contributed by atoms with Crippen LogP contribution in [0.4, 0.5) is 11.6 Å². The van der Waals surface area contributed by atoms with Crippen molar-refractivity contribution >= 4 is 28.6 Å². The number of anilines is 2. The number of pyridine rings is 1. The van der Waals surface area contributed by atoms with E-state index in [-0.39, 0.29) is 11.5 Å². The third-order valence-corrected chi connectivity index (χ3v) is 5.56. The molecule has 4 aromatic rings. The Morgan fingerprint density at radius 3 is 2.39 bits per heavy atom. The third kappa shape index (κ3) is 5.13. The summed E-state index contributed by atoms with van der Waals surface area (Å²) in [5.41, 5.74) is 2.53. The first-order valence-corrected chi connectivity index (χ1v) is 11.2. The van der Waals surface area contributed by atoms with E-state index in [1.165, 1.54) is 17.7 Å². The first kappa shape index (κ1) is 24.7. The van der Waals surface area contributed by atoms with Crippen LogP contribution in [0.3, 0.4) is 0 Å². The fourth-order valence-electron chi connectivity index (χ4n) is 3.74. The topological polar surface area (TPSA) is 117 Å². The minimum Gasteiger partial charge on any atom is -0.493 e. The van der Waals surface area contributed by atoms with Crippen LogP contribution < -0.4 is 25.7 Å². The average molecular weight is 490 g/mol. The number of nitrogens with one attached hydrogen (secondary N) is 2. The van der Waals surface area contributed by atoms with Gasteiger partial charge in [0, 0.05) is 42.4 Å². The van der Waals surface area contributed by atoms with Crippen LogP contribution in [-0.2, 0) is 4.74 Å². The second-order valence-corrected chi connectivity index (χ2v) is 7.87. The van der Waals surface area contributed by atoms with E-state index in [9.17, 15) is 9.59 Å². The molecule has 2 N–H and O–H groups in total. The zero-order valence-corrected chi connectivity index (χ0v) is 20.5. The lowest BCUT2D eigenvalue weighted by atomic mass is 10.1. The number of carbonyl (C=O) groups is 1. The first-order valence-electron chi connectivity index (χ1n) is 11.2. The van der Waals surface area contributed by atoms with Gasteiger partial charge in [-0.3, -0.25) is 14.2 Å². The maximum absolute atomic E-state index is 12.9. The van der Waals surface area contributed by atoms with Crippen LogP contribution in [0, 0.1) is 6.92 Å². The van der Waals surface area contributed by atoms with Crippen molar-refractivity contribution in [1.29, 1.82) is 0 Å². The van der Waals surface area contributed by atoms with Crippen LogP contribution in [0.2, 0.25) is 0 Å². The molecule has 0 saturated heterocycles. The lowest BCUT2D eigenvalue weighted by Crippen LogP contribution is -2.20. The molecule has 4 rings (SSSR count). The van der Waals surface area contributed by atoms with E-state index < -0.39 is 0 Å². The number of amides is 1. The predicted octanol–water partition coefficient (Wildman–Crippen LogP) is 3.42. The average Bonchev–Trinajstić information content (AvgIpc) is 2.88. The Morgan fingerprint density at radius 1 is 0.944 bits per heavy atom. The highest BCUT2D eigenvalue weighted by Crippen LogP contribution is 2.30. The highest BCUT2D eigenvalue weighted by molar-refractivity contribution is 6.04. The summed E-state index contributed by atoms with van der Waals surface area (Å²) in [7, 11) is 4.69. The maximum atomic E-state index is 12.9. The third-order valence-electron chi connectivity index (χ3n) is 5.56. The van der Waals surface area contributed by atoms with E-state index in [2.05, 4.69) is 20.6 Å². The fraction of sp³-hybridized carbons (Fsp3) is 0.231. The number of rotatable bonds is 9. The SMILES string of the molecule is COCCNc1nc(C)c2ccc(=O)n(-c3ccc(C(=O)Nc4ccc(OC)c(OC)c4)cc3)c2n1. The number of aromatic nitrogens is 3. The highest BCUT2D eigenvalue weighted by atomic mass is 16.5. The van der Waals surface area contributed by atoms with Crippen LogP contribution >= 0.6 is 0 Å². The standard InChI is InChI=1S/C26H27N5O5/c1-16-20-10-12-23(32)31(24(20)30-26(28-16)27-13-14-34-2)19-8-5-17(6-9-19)25(33)29-18-7-11-21(35-3)22(15-18)36-4/h5-12,15H,13-14H2,1-4H3,(H,29,33)(H,27,28,30). The van der Waals surface area contributed by atoms with Crippen molar-refractivity contribution in [3.63, 3.8) is 0 Å². The second kappa shape index (κ2) is 10.9. The van der Waals surface area contributed by atoms with Gasteiger partial charge in [0.1, 0.15) is 0 Å². The second-order valence-electron chi connectivity index (χ2n) is 7.87. The molecule has 0 saturated carbocycles. The Labute approximate surface area is 207 Å². The van der Waals surface area contributed by atoms with Gasteiger partial charge in [-0.15, -0.1) is 0 Å². The van der Waals surface area contributed by atoms with Crippen molar-refractivity contribution in [3.8, 4) is 17.2 Å². The number of nitrogens with zero attached hydrogens (tertiary/aromatic N) is 3. The summed E-state index contributed by atoms with van der Waals surface area (Å²) in [4.78, 5) is 34.7. The maximum Gasteiger partial charge on any atom is 0.256 e. The van der Waals surface area contributed by atoms with Gasteiger partial charge in [0.2, 0.25) is 5.95 Å². The summed E-state index contributed by atoms with van der Waals surface area (Å²) in [6, 6.07) is 15.0. The van der Waals surface area contributed by atoms with Gasteiger partial charge in [0.25, 0.3) is 11.5 Å². The largest absolute Gasteiger partial charge is 0.493 e. The molecule has 0 aliphatic heterocycles. The minimum absolute atomic E-state index is 0.244. The Bertz CT molecular complexity index is 1450. The van der Waals surface area contributed by atoms with Gasteiger partial charge in [0.15, 0.2) is 17.1 Å². The normalized spacial score (nSPS) is 10.8. The number of fused-ring (bicyclic) bond motifs is 1. The van der Waals surface area contributed by atoms with Crippen molar-refractivity contribution in [2.45, 2.75) is 6.92 Å². The molecule has 0 radical (unpaired) electrons. The molecule has 0 aliphatic carbocycles. The van der Waals surface area contributed by atoms with Gasteiger partial charge in [-0.2, -0.15) is 4.98 Å². The number of benzene rings is 2. The van der Waals surface area contributed by atoms with Crippen molar-refractivity contribution in [2.24, 2.45) is 0 Å². The van der Waals surface area contributed by atoms with Crippen LogP contribution in [0.25, 0.3) is 16.7 Å². The van der Waals surface area contributed by atoms with Gasteiger partial charge in [-0.05, 0) is 49.4 Å². The van der Waals surface area contributed by atoms with E-state index in [0.29, 0.717) is 53.2 Å². The quantitative estimate of drug-likeness (QED) is 0.344. The monoisotopic (exact) mass is 489 g/mol. The molecule has 0 fully saturated rings. The molecule has 0 unspecified atom stereocenters. The molecular formula is C26H27N5O5. The van der Waals surface area contributed by atoms with Gasteiger partial charge in [-0.1, -0.05) is 0 Å². The summed E-state index contributed by atoms with van der Waals surface area (Å²) >= 11 is 0. The lowest BCUT2D eigenvalue weighted by molar-refractivity contribution is 0.102. The number of hydrogen-bond acceptors (Lipinski definition) is 8. The van der Waals surface area contributed by atoms with E-state index in [0.717, 1.165) is 11.1 Å². The van der Waals surface area contributed by atoms with Crippen molar-refractivity contribution in [2.75, 3.05) is 45.1 Å². The molecule has 0 spiro atoms. The molecule has 2 aromatic heterocycles. The molecule has 186 valence electrons. The Balaban J connectivity index is 1.63. The minimum atomic E-state index is -0.304.